The van der Waals surface area contributed by atoms with Crippen LogP contribution in [0.5, 0.6) is 0 Å². The molecule has 0 fully saturated rings. The van der Waals surface area contributed by atoms with Gasteiger partial charge in [0.25, 0.3) is 0 Å². The normalized spacial score (nSPS) is 11.9. The molecule has 0 spiro atoms. The summed E-state index contributed by atoms with van der Waals surface area (Å²) in [7, 11) is 0. The first kappa shape index (κ1) is 16.7. The molecule has 3 rings (SSSR count). The number of anilines is 1. The molecule has 10 heteroatoms. The SMILES string of the molecule is Cc1cc(F)c(-c2cc(C(F)(F)F)c3c(N)ncnn23)cc1C(=O)O. The number of aromatic nitrogens is 3. The summed E-state index contributed by atoms with van der Waals surface area (Å²) in [4.78, 5) is 14.8. The second-order valence-electron chi connectivity index (χ2n) is 5.30. The zero-order valence-corrected chi connectivity index (χ0v) is 12.6. The van der Waals surface area contributed by atoms with Crippen LogP contribution in [0.3, 0.4) is 0 Å². The van der Waals surface area contributed by atoms with Crippen molar-refractivity contribution in [1.82, 2.24) is 14.6 Å². The van der Waals surface area contributed by atoms with Crippen molar-refractivity contribution in [3.05, 3.63) is 47.0 Å². The molecule has 0 aliphatic carbocycles. The molecule has 0 unspecified atom stereocenters. The van der Waals surface area contributed by atoms with Crippen molar-refractivity contribution in [2.75, 3.05) is 5.73 Å². The summed E-state index contributed by atoms with van der Waals surface area (Å²) < 4.78 is 55.0. The van der Waals surface area contributed by atoms with Gasteiger partial charge in [0.2, 0.25) is 0 Å². The van der Waals surface area contributed by atoms with E-state index in [4.69, 9.17) is 10.8 Å². The Morgan fingerprint density at radius 1 is 1.28 bits per heavy atom. The van der Waals surface area contributed by atoms with E-state index in [0.717, 1.165) is 23.0 Å². The Hall–Kier alpha value is -3.17. The average molecular weight is 354 g/mol. The third-order valence-corrected chi connectivity index (χ3v) is 3.71. The van der Waals surface area contributed by atoms with Gasteiger partial charge in [-0.3, -0.25) is 0 Å². The molecule has 0 atom stereocenters. The highest BCUT2D eigenvalue weighted by Gasteiger charge is 2.37. The molecular formula is C15H10F4N4O2. The lowest BCUT2D eigenvalue weighted by molar-refractivity contribution is -0.136. The maximum Gasteiger partial charge on any atom is 0.418 e. The second-order valence-corrected chi connectivity index (χ2v) is 5.30. The van der Waals surface area contributed by atoms with Crippen LogP contribution in [0.1, 0.15) is 21.5 Å². The molecule has 6 nitrogen and oxygen atoms in total. The van der Waals surface area contributed by atoms with Crippen molar-refractivity contribution in [1.29, 1.82) is 0 Å². The van der Waals surface area contributed by atoms with E-state index in [2.05, 4.69) is 10.1 Å². The van der Waals surface area contributed by atoms with E-state index in [1.54, 1.807) is 0 Å². The number of nitrogen functional groups attached to an aromatic ring is 1. The maximum atomic E-state index is 14.4. The molecule has 0 saturated carbocycles. The quantitative estimate of drug-likeness (QED) is 0.690. The standard InChI is InChI=1S/C15H10F4N4O2/c1-6-2-10(16)8(3-7(6)14(24)25)11-4-9(15(17,18)19)12-13(20)21-5-22-23(11)12/h2-5H,1H3,(H,24,25)(H2,20,21,22). The van der Waals surface area contributed by atoms with E-state index in [1.165, 1.54) is 6.92 Å². The number of alkyl halides is 3. The number of aryl methyl sites for hydroxylation is 1. The summed E-state index contributed by atoms with van der Waals surface area (Å²) in [5.41, 5.74) is 3.14. The summed E-state index contributed by atoms with van der Waals surface area (Å²) >= 11 is 0. The predicted molar refractivity (Wildman–Crippen MR) is 79.5 cm³/mol. The van der Waals surface area contributed by atoms with Gasteiger partial charge in [0.05, 0.1) is 16.8 Å². The number of nitrogens with two attached hydrogens (primary N) is 1. The lowest BCUT2D eigenvalue weighted by atomic mass is 10.0. The van der Waals surface area contributed by atoms with Crippen molar-refractivity contribution in [2.45, 2.75) is 13.1 Å². The Morgan fingerprint density at radius 2 is 1.96 bits per heavy atom. The Kier molecular flexibility index (Phi) is 3.62. The number of nitrogens with zero attached hydrogens (tertiary/aromatic N) is 3. The van der Waals surface area contributed by atoms with E-state index in [-0.39, 0.29) is 22.4 Å². The van der Waals surface area contributed by atoms with Crippen molar-refractivity contribution < 1.29 is 27.5 Å². The lowest BCUT2D eigenvalue weighted by Gasteiger charge is -2.08. The molecule has 3 N–H and O–H groups in total. The molecule has 2 heterocycles. The minimum atomic E-state index is -4.78. The van der Waals surface area contributed by atoms with Crippen molar-refractivity contribution in [3.8, 4) is 11.3 Å². The first-order chi connectivity index (χ1) is 11.6. The van der Waals surface area contributed by atoms with E-state index < -0.39 is 34.9 Å². The van der Waals surface area contributed by atoms with Gasteiger partial charge in [-0.1, -0.05) is 0 Å². The molecule has 0 aliphatic rings. The summed E-state index contributed by atoms with van der Waals surface area (Å²) in [5, 5.41) is 12.9. The third kappa shape index (κ3) is 2.65. The van der Waals surface area contributed by atoms with Gasteiger partial charge in [-0.2, -0.15) is 18.3 Å². The van der Waals surface area contributed by atoms with Crippen LogP contribution in [-0.4, -0.2) is 25.7 Å². The molecule has 130 valence electrons. The average Bonchev–Trinajstić information content (AvgIpc) is 2.88. The van der Waals surface area contributed by atoms with Gasteiger partial charge >= 0.3 is 12.1 Å². The van der Waals surface area contributed by atoms with Crippen LogP contribution in [0.4, 0.5) is 23.4 Å². The number of rotatable bonds is 2. The minimum absolute atomic E-state index is 0.139. The highest BCUT2D eigenvalue weighted by Crippen LogP contribution is 2.39. The van der Waals surface area contributed by atoms with Gasteiger partial charge in [0.15, 0.2) is 5.82 Å². The molecule has 3 aromatic rings. The van der Waals surface area contributed by atoms with Gasteiger partial charge in [-0.15, -0.1) is 0 Å². The number of carboxylic acids is 1. The fourth-order valence-corrected chi connectivity index (χ4v) is 2.58. The fraction of sp³-hybridized carbons (Fsp3) is 0.133. The largest absolute Gasteiger partial charge is 0.478 e. The third-order valence-electron chi connectivity index (χ3n) is 3.71. The van der Waals surface area contributed by atoms with Crippen molar-refractivity contribution in [2.24, 2.45) is 0 Å². The Bertz CT molecular complexity index is 1010. The molecule has 25 heavy (non-hydrogen) atoms. The predicted octanol–water partition coefficient (Wildman–Crippen LogP) is 3.14. The van der Waals surface area contributed by atoms with Crippen LogP contribution in [0, 0.1) is 12.7 Å². The minimum Gasteiger partial charge on any atom is -0.478 e. The molecule has 0 amide bonds. The van der Waals surface area contributed by atoms with Crippen LogP contribution in [0.2, 0.25) is 0 Å². The van der Waals surface area contributed by atoms with Crippen LogP contribution >= 0.6 is 0 Å². The number of fused-ring (bicyclic) bond motifs is 1. The van der Waals surface area contributed by atoms with Crippen LogP contribution in [0.25, 0.3) is 16.8 Å². The van der Waals surface area contributed by atoms with Crippen molar-refractivity contribution in [3.63, 3.8) is 0 Å². The van der Waals surface area contributed by atoms with Crippen LogP contribution < -0.4 is 5.73 Å². The molecule has 0 bridgehead atoms. The number of hydrogen-bond acceptors (Lipinski definition) is 4. The van der Waals surface area contributed by atoms with Gasteiger partial charge in [-0.05, 0) is 30.7 Å². The zero-order chi connectivity index (χ0) is 18.5. The summed E-state index contributed by atoms with van der Waals surface area (Å²) in [5.74, 6) is -2.64. The molecule has 0 radical (unpaired) electrons. The molecular weight excluding hydrogens is 344 g/mol. The Morgan fingerprint density at radius 3 is 2.56 bits per heavy atom. The van der Waals surface area contributed by atoms with Gasteiger partial charge in [0, 0.05) is 5.56 Å². The van der Waals surface area contributed by atoms with Gasteiger partial charge in [-0.25, -0.2) is 18.7 Å². The number of aromatic carboxylic acids is 1. The number of carboxylic acid groups (broad SMARTS) is 1. The highest BCUT2D eigenvalue weighted by molar-refractivity contribution is 5.91. The van der Waals surface area contributed by atoms with Crippen LogP contribution in [0.15, 0.2) is 24.5 Å². The summed E-state index contributed by atoms with van der Waals surface area (Å²) in [6.45, 7) is 1.38. The van der Waals surface area contributed by atoms with Crippen molar-refractivity contribution >= 4 is 17.3 Å². The topological polar surface area (TPSA) is 93.5 Å². The summed E-state index contributed by atoms with van der Waals surface area (Å²) in [6, 6.07) is 2.57. The Balaban J connectivity index is 2.40. The van der Waals surface area contributed by atoms with E-state index in [1.807, 2.05) is 0 Å². The van der Waals surface area contributed by atoms with Gasteiger partial charge in [0.1, 0.15) is 17.7 Å². The number of benzene rings is 1. The smallest absolute Gasteiger partial charge is 0.418 e. The lowest BCUT2D eigenvalue weighted by Crippen LogP contribution is -2.07. The highest BCUT2D eigenvalue weighted by atomic mass is 19.4. The molecule has 0 aliphatic heterocycles. The first-order valence-electron chi connectivity index (χ1n) is 6.84. The molecule has 0 saturated heterocycles. The molecule has 1 aromatic carbocycles. The number of carbonyl (C=O) groups is 1. The number of hydrogen-bond donors (Lipinski definition) is 2. The van der Waals surface area contributed by atoms with Crippen LogP contribution in [-0.2, 0) is 6.18 Å². The fourth-order valence-electron chi connectivity index (χ4n) is 2.58. The Labute approximate surface area is 137 Å². The summed E-state index contributed by atoms with van der Waals surface area (Å²) in [6.07, 6.45) is -3.85. The van der Waals surface area contributed by atoms with E-state index in [9.17, 15) is 22.4 Å². The monoisotopic (exact) mass is 354 g/mol. The van der Waals surface area contributed by atoms with Gasteiger partial charge < -0.3 is 10.8 Å². The number of halogens is 4. The van der Waals surface area contributed by atoms with E-state index >= 15 is 0 Å². The van der Waals surface area contributed by atoms with E-state index in [0.29, 0.717) is 6.07 Å². The maximum absolute atomic E-state index is 14.4. The molecule has 2 aromatic heterocycles. The second kappa shape index (κ2) is 5.43. The zero-order valence-electron chi connectivity index (χ0n) is 12.6. The first-order valence-corrected chi connectivity index (χ1v) is 6.84.